The molecule has 12 nitrogen and oxygen atoms in total. The average molecular weight is 631 g/mol. The normalized spacial score (nSPS) is 18.4. The van der Waals surface area contributed by atoms with Crippen LogP contribution in [-0.2, 0) is 20.1 Å². The smallest absolute Gasteiger partial charge is 0.272 e. The molecular formula is C35H38N10O2. The molecular weight excluding hydrogens is 592 g/mol. The van der Waals surface area contributed by atoms with Crippen LogP contribution in [0.25, 0.3) is 33.1 Å². The van der Waals surface area contributed by atoms with Crippen LogP contribution < -0.4 is 15.8 Å². The molecule has 47 heavy (non-hydrogen) atoms. The molecule has 1 saturated carbocycles. The molecule has 1 amide bonds. The van der Waals surface area contributed by atoms with Gasteiger partial charge in [0.15, 0.2) is 0 Å². The first-order chi connectivity index (χ1) is 22.9. The van der Waals surface area contributed by atoms with E-state index in [1.54, 1.807) is 13.4 Å². The number of nitrogens with one attached hydrogen (secondary N) is 1. The van der Waals surface area contributed by atoms with Gasteiger partial charge in [0.2, 0.25) is 0 Å². The van der Waals surface area contributed by atoms with Crippen LogP contribution in [0.2, 0.25) is 0 Å². The number of nitrogen functional groups attached to an aromatic ring is 1. The number of aryl methyl sites for hydroxylation is 2. The molecule has 2 aliphatic rings. The maximum absolute atomic E-state index is 13.4. The van der Waals surface area contributed by atoms with E-state index in [2.05, 4.69) is 40.7 Å². The van der Waals surface area contributed by atoms with Crippen molar-refractivity contribution in [3.63, 3.8) is 0 Å². The highest BCUT2D eigenvalue weighted by molar-refractivity contribution is 6.07. The highest BCUT2D eigenvalue weighted by Gasteiger charge is 2.31. The maximum atomic E-state index is 13.4. The molecule has 2 aromatic carbocycles. The molecule has 3 N–H and O–H groups in total. The summed E-state index contributed by atoms with van der Waals surface area (Å²) in [4.78, 5) is 25.0. The summed E-state index contributed by atoms with van der Waals surface area (Å²) in [7, 11) is 3.51. The van der Waals surface area contributed by atoms with Gasteiger partial charge < -0.3 is 29.5 Å². The molecule has 0 atom stereocenters. The van der Waals surface area contributed by atoms with Gasteiger partial charge >= 0.3 is 0 Å². The van der Waals surface area contributed by atoms with Crippen molar-refractivity contribution in [1.82, 2.24) is 38.8 Å². The van der Waals surface area contributed by atoms with Crippen LogP contribution in [0, 0.1) is 6.92 Å². The molecule has 1 fully saturated rings. The number of carbonyl (C=O) groups is 1. The van der Waals surface area contributed by atoms with E-state index in [1.165, 1.54) is 0 Å². The van der Waals surface area contributed by atoms with Gasteiger partial charge in [-0.2, -0.15) is 0 Å². The Morgan fingerprint density at radius 2 is 1.81 bits per heavy atom. The van der Waals surface area contributed by atoms with Crippen molar-refractivity contribution < 1.29 is 9.53 Å². The lowest BCUT2D eigenvalue weighted by Gasteiger charge is -2.39. The van der Waals surface area contributed by atoms with Crippen molar-refractivity contribution >= 4 is 39.3 Å². The number of methoxy groups -OCH3 is 1. The third-order valence-corrected chi connectivity index (χ3v) is 10.1. The zero-order valence-corrected chi connectivity index (χ0v) is 26.8. The number of nitrogens with two attached hydrogens (primary N) is 1. The van der Waals surface area contributed by atoms with Crippen molar-refractivity contribution in [1.29, 1.82) is 0 Å². The summed E-state index contributed by atoms with van der Waals surface area (Å²) in [5.41, 5.74) is 11.3. The lowest BCUT2D eigenvalue weighted by atomic mass is 9.89. The summed E-state index contributed by atoms with van der Waals surface area (Å²) < 4.78 is 12.2. The number of hydrogen-bond donors (Lipinski definition) is 2. The van der Waals surface area contributed by atoms with Crippen molar-refractivity contribution in [3.05, 3.63) is 78.4 Å². The third kappa shape index (κ3) is 4.99. The zero-order chi connectivity index (χ0) is 32.2. The summed E-state index contributed by atoms with van der Waals surface area (Å²) in [6.07, 6.45) is 8.00. The molecule has 1 aliphatic carbocycles. The zero-order valence-electron chi connectivity index (χ0n) is 26.8. The van der Waals surface area contributed by atoms with E-state index in [0.29, 0.717) is 35.0 Å². The number of amides is 1. The number of nitrogens with zero attached hydrogens (tertiary/aromatic N) is 8. The van der Waals surface area contributed by atoms with Crippen LogP contribution in [0.4, 0.5) is 11.5 Å². The molecule has 0 radical (unpaired) electrons. The van der Waals surface area contributed by atoms with Crippen LogP contribution in [0.5, 0.6) is 5.75 Å². The largest absolute Gasteiger partial charge is 0.495 e. The number of rotatable bonds is 6. The topological polar surface area (TPSA) is 134 Å². The summed E-state index contributed by atoms with van der Waals surface area (Å²) in [5, 5.41) is 13.6. The van der Waals surface area contributed by atoms with E-state index in [-0.39, 0.29) is 5.91 Å². The maximum Gasteiger partial charge on any atom is 0.272 e. The van der Waals surface area contributed by atoms with Gasteiger partial charge in [0.1, 0.15) is 40.9 Å². The van der Waals surface area contributed by atoms with Gasteiger partial charge in [-0.05, 0) is 62.4 Å². The van der Waals surface area contributed by atoms with E-state index < -0.39 is 0 Å². The molecule has 0 bridgehead atoms. The minimum atomic E-state index is -0.207. The standard InChI is InChI=1S/C35H38N10O2/c1-21-40-41-31-19-43(14-15-44(21)31)24-9-11-25(12-10-24)45-18-26(32-33(36)37-20-38-34(32)45)22-8-13-27(30(17-22)47-3)39-35(46)29-16-23-6-4-5-7-28(23)42(29)2/h4-8,13,16-18,20,24-25H,9-12,14-15,19H2,1-3H3,(H,39,46)(H2,36,37,38). The number of aromatic nitrogens is 7. The number of benzene rings is 2. The molecule has 6 aromatic rings. The molecule has 12 heteroatoms. The first-order valence-corrected chi connectivity index (χ1v) is 16.2. The lowest BCUT2D eigenvalue weighted by molar-refractivity contribution is 0.101. The Labute approximate surface area is 272 Å². The van der Waals surface area contributed by atoms with Gasteiger partial charge in [-0.3, -0.25) is 9.69 Å². The van der Waals surface area contributed by atoms with Gasteiger partial charge in [0, 0.05) is 54.9 Å². The summed E-state index contributed by atoms with van der Waals surface area (Å²) in [6, 6.07) is 16.5. The van der Waals surface area contributed by atoms with Gasteiger partial charge in [-0.1, -0.05) is 24.3 Å². The number of fused-ring (bicyclic) bond motifs is 3. The second-order valence-electron chi connectivity index (χ2n) is 12.7. The fourth-order valence-electron chi connectivity index (χ4n) is 7.60. The van der Waals surface area contributed by atoms with Crippen molar-refractivity contribution in [3.8, 4) is 16.9 Å². The van der Waals surface area contributed by atoms with E-state index in [0.717, 1.165) is 90.0 Å². The number of carbonyl (C=O) groups excluding carboxylic acids is 1. The number of anilines is 2. The minimum Gasteiger partial charge on any atom is -0.495 e. The Kier molecular flexibility index (Phi) is 7.16. The summed E-state index contributed by atoms with van der Waals surface area (Å²) >= 11 is 0. The molecule has 0 spiro atoms. The molecule has 240 valence electrons. The molecule has 8 rings (SSSR count). The lowest BCUT2D eigenvalue weighted by Crippen LogP contribution is -2.43. The molecule has 0 saturated heterocycles. The van der Waals surface area contributed by atoms with Gasteiger partial charge in [-0.25, -0.2) is 9.97 Å². The highest BCUT2D eigenvalue weighted by Crippen LogP contribution is 2.41. The first kappa shape index (κ1) is 29.2. The monoisotopic (exact) mass is 630 g/mol. The molecule has 5 heterocycles. The Morgan fingerprint density at radius 3 is 2.62 bits per heavy atom. The Balaban J connectivity index is 1.05. The first-order valence-electron chi connectivity index (χ1n) is 16.2. The van der Waals surface area contributed by atoms with E-state index >= 15 is 0 Å². The SMILES string of the molecule is COc1cc(-c2cn(C3CCC(N4CCn5c(C)nnc5C4)CC3)c3ncnc(N)c23)ccc1NC(=O)c1cc2ccccc2n1C. The summed E-state index contributed by atoms with van der Waals surface area (Å²) in [6.45, 7) is 4.86. The van der Waals surface area contributed by atoms with Gasteiger partial charge in [-0.15, -0.1) is 10.2 Å². The van der Waals surface area contributed by atoms with E-state index in [9.17, 15) is 4.79 Å². The average Bonchev–Trinajstić information content (AvgIpc) is 3.78. The van der Waals surface area contributed by atoms with E-state index in [1.807, 2.05) is 67.1 Å². The van der Waals surface area contributed by atoms with Crippen LogP contribution >= 0.6 is 0 Å². The van der Waals surface area contributed by atoms with Crippen molar-refractivity contribution in [2.45, 2.75) is 57.8 Å². The van der Waals surface area contributed by atoms with Crippen molar-refractivity contribution in [2.75, 3.05) is 24.7 Å². The van der Waals surface area contributed by atoms with Crippen LogP contribution in [0.3, 0.4) is 0 Å². The quantitative estimate of drug-likeness (QED) is 0.252. The third-order valence-electron chi connectivity index (χ3n) is 10.1. The number of ether oxygens (including phenoxy) is 1. The Hall–Kier alpha value is -5.23. The minimum absolute atomic E-state index is 0.207. The number of hydrogen-bond acceptors (Lipinski definition) is 8. The molecule has 1 aliphatic heterocycles. The van der Waals surface area contributed by atoms with E-state index in [4.69, 9.17) is 15.5 Å². The van der Waals surface area contributed by atoms with Gasteiger partial charge in [0.25, 0.3) is 5.91 Å². The summed E-state index contributed by atoms with van der Waals surface area (Å²) in [5.74, 6) is 2.86. The molecule has 4 aromatic heterocycles. The van der Waals surface area contributed by atoms with Crippen molar-refractivity contribution in [2.24, 2.45) is 7.05 Å². The van der Waals surface area contributed by atoms with Crippen LogP contribution in [0.1, 0.15) is 53.9 Å². The second kappa shape index (κ2) is 11.5. The Morgan fingerprint density at radius 1 is 1.00 bits per heavy atom. The predicted molar refractivity (Wildman–Crippen MR) is 181 cm³/mol. The fourth-order valence-corrected chi connectivity index (χ4v) is 7.60. The van der Waals surface area contributed by atoms with Gasteiger partial charge in [0.05, 0.1) is 24.7 Å². The van der Waals surface area contributed by atoms with Crippen LogP contribution in [0.15, 0.2) is 61.1 Å². The molecule has 0 unspecified atom stereocenters. The second-order valence-corrected chi connectivity index (χ2v) is 12.7. The number of para-hydroxylation sites is 1. The highest BCUT2D eigenvalue weighted by atomic mass is 16.5. The fraction of sp³-hybridized carbons (Fsp3) is 0.343. The predicted octanol–water partition coefficient (Wildman–Crippen LogP) is 5.33. The Bertz CT molecular complexity index is 2140. The van der Waals surface area contributed by atoms with Crippen LogP contribution in [-0.4, -0.2) is 64.4 Å².